The van der Waals surface area contributed by atoms with Gasteiger partial charge in [-0.25, -0.2) is 5.43 Å². The molecule has 0 aliphatic heterocycles. The Hall–Kier alpha value is -2.99. The van der Waals surface area contributed by atoms with Crippen LogP contribution >= 0.6 is 0 Å². The summed E-state index contributed by atoms with van der Waals surface area (Å²) in [5, 5.41) is 0. The minimum absolute atomic E-state index is 0.128. The predicted molar refractivity (Wildman–Crippen MR) is 97.6 cm³/mol. The summed E-state index contributed by atoms with van der Waals surface area (Å²) in [4.78, 5) is 36.7. The van der Waals surface area contributed by atoms with Crippen molar-refractivity contribution in [1.29, 1.82) is 0 Å². The molecule has 26 heavy (non-hydrogen) atoms. The lowest BCUT2D eigenvalue weighted by molar-refractivity contribution is -0.145. The van der Waals surface area contributed by atoms with Gasteiger partial charge in [-0.3, -0.25) is 19.8 Å². The van der Waals surface area contributed by atoms with E-state index in [0.717, 1.165) is 5.56 Å². The van der Waals surface area contributed by atoms with Gasteiger partial charge < -0.3 is 4.74 Å². The van der Waals surface area contributed by atoms with Crippen molar-refractivity contribution in [3.8, 4) is 0 Å². The monoisotopic (exact) mass is 354 g/mol. The van der Waals surface area contributed by atoms with Gasteiger partial charge in [0.2, 0.25) is 0 Å². The molecular formula is C20H22N2O4. The van der Waals surface area contributed by atoms with E-state index in [2.05, 4.69) is 10.9 Å². The number of benzene rings is 2. The van der Waals surface area contributed by atoms with E-state index in [1.165, 1.54) is 0 Å². The van der Waals surface area contributed by atoms with Gasteiger partial charge in [0, 0.05) is 17.5 Å². The largest absolute Gasteiger partial charge is 0.465 e. The van der Waals surface area contributed by atoms with Crippen molar-refractivity contribution in [3.05, 3.63) is 71.3 Å². The van der Waals surface area contributed by atoms with E-state index < -0.39 is 17.9 Å². The first-order valence-corrected chi connectivity index (χ1v) is 8.38. The number of nitrogens with one attached hydrogen (secondary N) is 2. The van der Waals surface area contributed by atoms with Crippen molar-refractivity contribution in [2.75, 3.05) is 6.61 Å². The fourth-order valence-electron chi connectivity index (χ4n) is 2.29. The molecule has 1 amide bonds. The van der Waals surface area contributed by atoms with E-state index in [-0.39, 0.29) is 18.8 Å². The summed E-state index contributed by atoms with van der Waals surface area (Å²) >= 11 is 0. The highest BCUT2D eigenvalue weighted by Gasteiger charge is 2.24. The number of rotatable bonds is 8. The van der Waals surface area contributed by atoms with Gasteiger partial charge in [-0.15, -0.1) is 0 Å². The minimum Gasteiger partial charge on any atom is -0.465 e. The Morgan fingerprint density at radius 1 is 0.962 bits per heavy atom. The minimum atomic E-state index is -0.976. The SMILES string of the molecule is CCOC(=O)[C@H](CC(=O)c1ccc(C)cc1)NNC(=O)c1ccccc1. The summed E-state index contributed by atoms with van der Waals surface area (Å²) in [6, 6.07) is 14.7. The third-order valence-electron chi connectivity index (χ3n) is 3.73. The number of aryl methyl sites for hydroxylation is 1. The lowest BCUT2D eigenvalue weighted by atomic mass is 10.0. The summed E-state index contributed by atoms with van der Waals surface area (Å²) in [5.74, 6) is -1.21. The zero-order chi connectivity index (χ0) is 18.9. The maximum absolute atomic E-state index is 12.4. The molecule has 0 unspecified atom stereocenters. The molecule has 2 aromatic rings. The lowest BCUT2D eigenvalue weighted by Gasteiger charge is -2.17. The van der Waals surface area contributed by atoms with Crippen LogP contribution in [-0.2, 0) is 9.53 Å². The summed E-state index contributed by atoms with van der Waals surface area (Å²) in [7, 11) is 0. The molecular weight excluding hydrogens is 332 g/mol. The summed E-state index contributed by atoms with van der Waals surface area (Å²) < 4.78 is 4.99. The first-order valence-electron chi connectivity index (χ1n) is 8.38. The van der Waals surface area contributed by atoms with Crippen LogP contribution in [0.3, 0.4) is 0 Å². The second kappa shape index (κ2) is 9.48. The topological polar surface area (TPSA) is 84.5 Å². The molecule has 0 saturated carbocycles. The van der Waals surface area contributed by atoms with Gasteiger partial charge in [-0.2, -0.15) is 0 Å². The van der Waals surface area contributed by atoms with Crippen LogP contribution < -0.4 is 10.9 Å². The lowest BCUT2D eigenvalue weighted by Crippen LogP contribution is -2.49. The molecule has 0 aliphatic rings. The molecule has 0 bridgehead atoms. The van der Waals surface area contributed by atoms with Gasteiger partial charge in [0.1, 0.15) is 6.04 Å². The van der Waals surface area contributed by atoms with Crippen molar-refractivity contribution in [3.63, 3.8) is 0 Å². The predicted octanol–water partition coefficient (Wildman–Crippen LogP) is 2.43. The molecule has 2 N–H and O–H groups in total. The molecule has 0 saturated heterocycles. The van der Waals surface area contributed by atoms with Gasteiger partial charge >= 0.3 is 5.97 Å². The van der Waals surface area contributed by atoms with E-state index in [1.54, 1.807) is 49.4 Å². The number of Topliss-reactive ketones (excluding diaryl/α,β-unsaturated/α-hetero) is 1. The van der Waals surface area contributed by atoms with Gasteiger partial charge in [0.05, 0.1) is 6.61 Å². The molecule has 0 aromatic heterocycles. The number of hydrazine groups is 1. The van der Waals surface area contributed by atoms with Crippen LogP contribution in [0.25, 0.3) is 0 Å². The summed E-state index contributed by atoms with van der Waals surface area (Å²) in [5.41, 5.74) is 7.06. The van der Waals surface area contributed by atoms with Crippen molar-refractivity contribution in [2.45, 2.75) is 26.3 Å². The first kappa shape index (κ1) is 19.3. The van der Waals surface area contributed by atoms with E-state index in [1.807, 2.05) is 19.1 Å². The van der Waals surface area contributed by atoms with Crippen LogP contribution in [0.2, 0.25) is 0 Å². The average molecular weight is 354 g/mol. The van der Waals surface area contributed by atoms with Crippen LogP contribution in [0, 0.1) is 6.92 Å². The van der Waals surface area contributed by atoms with Gasteiger partial charge in [0.15, 0.2) is 5.78 Å². The van der Waals surface area contributed by atoms with E-state index in [4.69, 9.17) is 4.74 Å². The number of ether oxygens (including phenoxy) is 1. The third kappa shape index (κ3) is 5.53. The number of hydrogen-bond acceptors (Lipinski definition) is 5. The number of ketones is 1. The van der Waals surface area contributed by atoms with Gasteiger partial charge in [-0.1, -0.05) is 48.0 Å². The third-order valence-corrected chi connectivity index (χ3v) is 3.73. The molecule has 0 heterocycles. The molecule has 0 fully saturated rings. The Morgan fingerprint density at radius 2 is 1.62 bits per heavy atom. The highest BCUT2D eigenvalue weighted by molar-refractivity contribution is 5.99. The van der Waals surface area contributed by atoms with E-state index in [9.17, 15) is 14.4 Å². The van der Waals surface area contributed by atoms with Crippen LogP contribution in [-0.4, -0.2) is 30.3 Å². The molecule has 6 nitrogen and oxygen atoms in total. The van der Waals surface area contributed by atoms with Crippen LogP contribution in [0.4, 0.5) is 0 Å². The summed E-state index contributed by atoms with van der Waals surface area (Å²) in [6.45, 7) is 3.79. The fraction of sp³-hybridized carbons (Fsp3) is 0.250. The molecule has 0 aliphatic carbocycles. The van der Waals surface area contributed by atoms with Crippen molar-refractivity contribution >= 4 is 17.7 Å². The number of esters is 1. The fourth-order valence-corrected chi connectivity index (χ4v) is 2.29. The Kier molecular flexibility index (Phi) is 7.05. The van der Waals surface area contributed by atoms with Crippen molar-refractivity contribution < 1.29 is 19.1 Å². The average Bonchev–Trinajstić information content (AvgIpc) is 2.66. The van der Waals surface area contributed by atoms with Crippen LogP contribution in [0.1, 0.15) is 39.6 Å². The normalized spacial score (nSPS) is 11.5. The molecule has 0 radical (unpaired) electrons. The van der Waals surface area contributed by atoms with Crippen molar-refractivity contribution in [2.24, 2.45) is 0 Å². The Labute approximate surface area is 152 Å². The molecule has 136 valence electrons. The zero-order valence-electron chi connectivity index (χ0n) is 14.8. The number of hydrogen-bond donors (Lipinski definition) is 2. The second-order valence-corrected chi connectivity index (χ2v) is 5.76. The molecule has 2 aromatic carbocycles. The van der Waals surface area contributed by atoms with Gasteiger partial charge in [0.25, 0.3) is 5.91 Å². The standard InChI is InChI=1S/C20H22N2O4/c1-3-26-20(25)17(13-18(23)15-11-9-14(2)10-12-15)21-22-19(24)16-7-5-4-6-8-16/h4-12,17,21H,3,13H2,1-2H3,(H,22,24)/t17-/m0/s1. The highest BCUT2D eigenvalue weighted by Crippen LogP contribution is 2.09. The smallest absolute Gasteiger partial charge is 0.325 e. The Morgan fingerprint density at radius 3 is 2.23 bits per heavy atom. The molecule has 0 spiro atoms. The number of carbonyl (C=O) groups excluding carboxylic acids is 3. The number of carbonyl (C=O) groups is 3. The molecule has 6 heteroatoms. The number of amides is 1. The Balaban J connectivity index is 2.03. The Bertz CT molecular complexity index is 757. The maximum Gasteiger partial charge on any atom is 0.325 e. The van der Waals surface area contributed by atoms with Gasteiger partial charge in [-0.05, 0) is 26.0 Å². The summed E-state index contributed by atoms with van der Waals surface area (Å²) in [6.07, 6.45) is -0.128. The first-order chi connectivity index (χ1) is 12.5. The molecule has 1 atom stereocenters. The van der Waals surface area contributed by atoms with Crippen molar-refractivity contribution in [1.82, 2.24) is 10.9 Å². The van der Waals surface area contributed by atoms with Crippen LogP contribution in [0.15, 0.2) is 54.6 Å². The van der Waals surface area contributed by atoms with E-state index in [0.29, 0.717) is 11.1 Å². The quantitative estimate of drug-likeness (QED) is 0.432. The second-order valence-electron chi connectivity index (χ2n) is 5.76. The highest BCUT2D eigenvalue weighted by atomic mass is 16.5. The zero-order valence-corrected chi connectivity index (χ0v) is 14.8. The van der Waals surface area contributed by atoms with E-state index >= 15 is 0 Å². The van der Waals surface area contributed by atoms with Crippen LogP contribution in [0.5, 0.6) is 0 Å². The maximum atomic E-state index is 12.4. The molecule has 2 rings (SSSR count).